The minimum atomic E-state index is -0.916. The van der Waals surface area contributed by atoms with E-state index in [9.17, 15) is 9.50 Å². The van der Waals surface area contributed by atoms with Crippen molar-refractivity contribution in [2.45, 2.75) is 32.8 Å². The predicted octanol–water partition coefficient (Wildman–Crippen LogP) is 4.79. The van der Waals surface area contributed by atoms with Crippen molar-refractivity contribution in [2.24, 2.45) is 0 Å². The van der Waals surface area contributed by atoms with Gasteiger partial charge in [0.25, 0.3) is 0 Å². The van der Waals surface area contributed by atoms with Gasteiger partial charge in [0, 0.05) is 0 Å². The Morgan fingerprint density at radius 3 is 2.20 bits per heavy atom. The topological polar surface area (TPSA) is 29.5 Å². The van der Waals surface area contributed by atoms with Crippen LogP contribution >= 0.6 is 0 Å². The molecule has 0 bridgehead atoms. The van der Waals surface area contributed by atoms with Gasteiger partial charge in [-0.1, -0.05) is 32.0 Å². The van der Waals surface area contributed by atoms with Crippen molar-refractivity contribution in [3.63, 3.8) is 0 Å². The Balaban J connectivity index is 2.28. The largest absolute Gasteiger partial charge is 0.457 e. The maximum Gasteiger partial charge on any atom is 0.136 e. The lowest BCUT2D eigenvalue weighted by Gasteiger charge is -2.14. The van der Waals surface area contributed by atoms with E-state index in [0.717, 1.165) is 0 Å². The lowest BCUT2D eigenvalue weighted by atomic mass is 10.0. The molecule has 2 aromatic carbocycles. The molecule has 20 heavy (non-hydrogen) atoms. The van der Waals surface area contributed by atoms with E-state index in [4.69, 9.17) is 4.74 Å². The maximum absolute atomic E-state index is 13.7. The van der Waals surface area contributed by atoms with Gasteiger partial charge in [0.05, 0.1) is 11.7 Å². The normalized spacial score (nSPS) is 12.5. The number of hydrogen-bond acceptors (Lipinski definition) is 2. The number of aliphatic hydroxyl groups is 1. The Labute approximate surface area is 118 Å². The smallest absolute Gasteiger partial charge is 0.136 e. The van der Waals surface area contributed by atoms with Gasteiger partial charge in [-0.15, -0.1) is 0 Å². The van der Waals surface area contributed by atoms with E-state index >= 15 is 0 Å². The molecule has 0 amide bonds. The molecular weight excluding hydrogens is 255 g/mol. The third-order valence-electron chi connectivity index (χ3n) is 3.21. The van der Waals surface area contributed by atoms with Crippen molar-refractivity contribution in [2.75, 3.05) is 0 Å². The van der Waals surface area contributed by atoms with Crippen LogP contribution in [0.25, 0.3) is 0 Å². The Hall–Kier alpha value is -1.87. The summed E-state index contributed by atoms with van der Waals surface area (Å²) < 4.78 is 19.4. The summed E-state index contributed by atoms with van der Waals surface area (Å²) in [7, 11) is 0. The van der Waals surface area contributed by atoms with Gasteiger partial charge >= 0.3 is 0 Å². The second-order valence-electron chi connectivity index (χ2n) is 5.15. The van der Waals surface area contributed by atoms with Crippen LogP contribution in [0.3, 0.4) is 0 Å². The van der Waals surface area contributed by atoms with Crippen molar-refractivity contribution in [1.29, 1.82) is 0 Å². The molecule has 0 aliphatic heterocycles. The van der Waals surface area contributed by atoms with Gasteiger partial charge in [0.15, 0.2) is 0 Å². The zero-order valence-corrected chi connectivity index (χ0v) is 11.9. The Morgan fingerprint density at radius 2 is 1.65 bits per heavy atom. The molecule has 1 N–H and O–H groups in total. The van der Waals surface area contributed by atoms with E-state index in [0.29, 0.717) is 17.4 Å². The molecule has 0 heterocycles. The molecule has 0 spiro atoms. The average Bonchev–Trinajstić information content (AvgIpc) is 2.39. The van der Waals surface area contributed by atoms with Crippen molar-refractivity contribution >= 4 is 0 Å². The van der Waals surface area contributed by atoms with Gasteiger partial charge in [0.2, 0.25) is 0 Å². The van der Waals surface area contributed by atoms with Gasteiger partial charge in [-0.2, -0.15) is 0 Å². The van der Waals surface area contributed by atoms with Crippen molar-refractivity contribution in [1.82, 2.24) is 0 Å². The predicted molar refractivity (Wildman–Crippen MR) is 77.6 cm³/mol. The molecule has 1 unspecified atom stereocenters. The number of hydrogen-bond donors (Lipinski definition) is 1. The van der Waals surface area contributed by atoms with Crippen LogP contribution in [0.15, 0.2) is 42.5 Å². The molecule has 0 saturated heterocycles. The molecule has 2 rings (SSSR count). The highest BCUT2D eigenvalue weighted by atomic mass is 19.1. The minimum absolute atomic E-state index is 0.181. The maximum atomic E-state index is 13.7. The van der Waals surface area contributed by atoms with E-state index in [1.54, 1.807) is 12.1 Å². The fourth-order valence-electron chi connectivity index (χ4n) is 2.06. The zero-order chi connectivity index (χ0) is 14.7. The zero-order valence-electron chi connectivity index (χ0n) is 11.9. The summed E-state index contributed by atoms with van der Waals surface area (Å²) in [6.07, 6.45) is -0.916. The molecule has 0 aliphatic carbocycles. The van der Waals surface area contributed by atoms with Crippen LogP contribution in [0.1, 0.15) is 43.9 Å². The van der Waals surface area contributed by atoms with E-state index in [2.05, 4.69) is 13.8 Å². The van der Waals surface area contributed by atoms with Gasteiger partial charge in [0.1, 0.15) is 17.3 Å². The van der Waals surface area contributed by atoms with Gasteiger partial charge in [-0.25, -0.2) is 4.39 Å². The second kappa shape index (κ2) is 6.06. The number of aliphatic hydroxyl groups excluding tert-OH is 1. The quantitative estimate of drug-likeness (QED) is 0.868. The van der Waals surface area contributed by atoms with Crippen molar-refractivity contribution in [3.8, 4) is 11.5 Å². The fraction of sp³-hybridized carbons (Fsp3) is 0.294. The second-order valence-corrected chi connectivity index (χ2v) is 5.15. The lowest BCUT2D eigenvalue weighted by molar-refractivity contribution is 0.190. The first-order valence-electron chi connectivity index (χ1n) is 6.73. The van der Waals surface area contributed by atoms with Gasteiger partial charge in [-0.05, 0) is 42.7 Å². The standard InChI is InChI=1S/C17H19FO2/c1-11(2)13-7-9-14(10-8-13)20-16-6-4-5-15(18)17(16)12(3)19/h4-12,19H,1-3H3. The molecule has 0 radical (unpaired) electrons. The summed E-state index contributed by atoms with van der Waals surface area (Å²) in [5.74, 6) is 0.960. The Kier molecular flexibility index (Phi) is 4.40. The van der Waals surface area contributed by atoms with Gasteiger partial charge < -0.3 is 9.84 Å². The summed E-state index contributed by atoms with van der Waals surface area (Å²) in [6, 6.07) is 12.2. The summed E-state index contributed by atoms with van der Waals surface area (Å²) >= 11 is 0. The summed E-state index contributed by atoms with van der Waals surface area (Å²) in [5.41, 5.74) is 1.40. The molecule has 2 aromatic rings. The SMILES string of the molecule is CC(C)c1ccc(Oc2cccc(F)c2C(C)O)cc1. The van der Waals surface area contributed by atoms with Crippen LogP contribution in [-0.2, 0) is 0 Å². The fourth-order valence-corrected chi connectivity index (χ4v) is 2.06. The van der Waals surface area contributed by atoms with E-state index in [-0.39, 0.29) is 5.56 Å². The molecule has 0 saturated carbocycles. The Morgan fingerprint density at radius 1 is 1.00 bits per heavy atom. The van der Waals surface area contributed by atoms with Crippen LogP contribution in [-0.4, -0.2) is 5.11 Å². The third-order valence-corrected chi connectivity index (χ3v) is 3.21. The summed E-state index contributed by atoms with van der Waals surface area (Å²) in [4.78, 5) is 0. The highest BCUT2D eigenvalue weighted by Crippen LogP contribution is 2.32. The molecule has 106 valence electrons. The number of ether oxygens (including phenoxy) is 1. The van der Waals surface area contributed by atoms with Crippen LogP contribution in [0.5, 0.6) is 11.5 Å². The van der Waals surface area contributed by atoms with E-state index in [1.807, 2.05) is 24.3 Å². The van der Waals surface area contributed by atoms with Crippen LogP contribution in [0.4, 0.5) is 4.39 Å². The molecular formula is C17H19FO2. The molecule has 2 nitrogen and oxygen atoms in total. The average molecular weight is 274 g/mol. The molecule has 0 fully saturated rings. The first-order chi connectivity index (χ1) is 9.49. The van der Waals surface area contributed by atoms with Crippen LogP contribution < -0.4 is 4.74 Å². The van der Waals surface area contributed by atoms with Crippen LogP contribution in [0.2, 0.25) is 0 Å². The first-order valence-corrected chi connectivity index (χ1v) is 6.73. The number of rotatable bonds is 4. The van der Waals surface area contributed by atoms with E-state index < -0.39 is 11.9 Å². The van der Waals surface area contributed by atoms with Crippen molar-refractivity contribution in [3.05, 3.63) is 59.4 Å². The molecule has 0 aliphatic rings. The molecule has 0 aromatic heterocycles. The molecule has 3 heteroatoms. The highest BCUT2D eigenvalue weighted by Gasteiger charge is 2.15. The molecule has 1 atom stereocenters. The summed E-state index contributed by atoms with van der Waals surface area (Å²) in [5, 5.41) is 9.66. The Bertz CT molecular complexity index is 574. The van der Waals surface area contributed by atoms with E-state index in [1.165, 1.54) is 18.6 Å². The third kappa shape index (κ3) is 3.17. The minimum Gasteiger partial charge on any atom is -0.457 e. The van der Waals surface area contributed by atoms with Crippen molar-refractivity contribution < 1.29 is 14.2 Å². The van der Waals surface area contributed by atoms with Crippen LogP contribution in [0, 0.1) is 5.82 Å². The first kappa shape index (κ1) is 14.5. The van der Waals surface area contributed by atoms with Gasteiger partial charge in [-0.3, -0.25) is 0 Å². The number of halogens is 1. The monoisotopic (exact) mass is 274 g/mol. The highest BCUT2D eigenvalue weighted by molar-refractivity contribution is 5.40. The lowest BCUT2D eigenvalue weighted by Crippen LogP contribution is -2.00. The summed E-state index contributed by atoms with van der Waals surface area (Å²) in [6.45, 7) is 5.76. The number of benzene rings is 2.